The zero-order chi connectivity index (χ0) is 7.56. The Morgan fingerprint density at radius 3 is 3.00 bits per heavy atom. The van der Waals surface area contributed by atoms with Crippen LogP contribution in [0.15, 0.2) is 6.20 Å². The number of hydrazine groups is 1. The summed E-state index contributed by atoms with van der Waals surface area (Å²) in [7, 11) is 1.80. The number of hydrogen-bond acceptors (Lipinski definition) is 4. The number of halogens is 1. The molecule has 0 aliphatic heterocycles. The molecule has 0 atom stereocenters. The highest BCUT2D eigenvalue weighted by Gasteiger charge is 1.99. The Labute approximate surface area is 68.4 Å². The molecule has 10 heavy (non-hydrogen) atoms. The molecule has 2 N–H and O–H groups in total. The minimum atomic E-state index is 0.567. The summed E-state index contributed by atoms with van der Waals surface area (Å²) in [5.74, 6) is 5.40. The van der Waals surface area contributed by atoms with E-state index in [0.717, 1.165) is 4.88 Å². The molecule has 0 saturated carbocycles. The van der Waals surface area contributed by atoms with Crippen LogP contribution in [-0.4, -0.2) is 17.0 Å². The van der Waals surface area contributed by atoms with E-state index in [-0.39, 0.29) is 0 Å². The maximum Gasteiger partial charge on any atom is 0.183 e. The van der Waals surface area contributed by atoms with Gasteiger partial charge in [-0.25, -0.2) is 9.99 Å². The van der Waals surface area contributed by atoms with E-state index in [0.29, 0.717) is 11.0 Å². The van der Waals surface area contributed by atoms with Crippen molar-refractivity contribution in [2.75, 3.05) is 7.05 Å². The van der Waals surface area contributed by atoms with Gasteiger partial charge in [-0.3, -0.25) is 5.84 Å². The molecular formula is C5H8ClN3S. The zero-order valence-corrected chi connectivity index (χ0v) is 7.11. The zero-order valence-electron chi connectivity index (χ0n) is 5.54. The van der Waals surface area contributed by atoms with Crippen molar-refractivity contribution in [2.45, 2.75) is 6.54 Å². The van der Waals surface area contributed by atoms with Crippen molar-refractivity contribution in [2.24, 2.45) is 5.84 Å². The van der Waals surface area contributed by atoms with Crippen molar-refractivity contribution in [3.8, 4) is 0 Å². The molecule has 1 aromatic rings. The van der Waals surface area contributed by atoms with Crippen LogP contribution < -0.4 is 5.84 Å². The molecule has 0 spiro atoms. The number of nitrogens with zero attached hydrogens (tertiary/aromatic N) is 2. The monoisotopic (exact) mass is 177 g/mol. The summed E-state index contributed by atoms with van der Waals surface area (Å²) < 4.78 is 0.567. The van der Waals surface area contributed by atoms with Gasteiger partial charge in [0.25, 0.3) is 0 Å². The van der Waals surface area contributed by atoms with Gasteiger partial charge in [-0.05, 0) is 0 Å². The summed E-state index contributed by atoms with van der Waals surface area (Å²) in [5.41, 5.74) is 0. The van der Waals surface area contributed by atoms with Gasteiger partial charge in [0, 0.05) is 24.7 Å². The second-order valence-corrected chi connectivity index (χ2v) is 3.69. The molecule has 1 rings (SSSR count). The van der Waals surface area contributed by atoms with Crippen molar-refractivity contribution in [3.05, 3.63) is 15.5 Å². The van der Waals surface area contributed by atoms with Crippen LogP contribution in [0.25, 0.3) is 0 Å². The largest absolute Gasteiger partial charge is 0.269 e. The highest BCUT2D eigenvalue weighted by molar-refractivity contribution is 7.15. The van der Waals surface area contributed by atoms with Gasteiger partial charge in [0.2, 0.25) is 0 Å². The molecule has 0 saturated heterocycles. The van der Waals surface area contributed by atoms with E-state index >= 15 is 0 Å². The molecule has 0 amide bonds. The smallest absolute Gasteiger partial charge is 0.183 e. The fourth-order valence-electron chi connectivity index (χ4n) is 0.603. The van der Waals surface area contributed by atoms with E-state index in [9.17, 15) is 0 Å². The second kappa shape index (κ2) is 3.30. The molecule has 1 aromatic heterocycles. The van der Waals surface area contributed by atoms with Gasteiger partial charge in [-0.15, -0.1) is 11.3 Å². The summed E-state index contributed by atoms with van der Waals surface area (Å²) in [4.78, 5) is 4.95. The highest BCUT2D eigenvalue weighted by atomic mass is 35.5. The third kappa shape index (κ3) is 2.22. The fraction of sp³-hybridized carbons (Fsp3) is 0.400. The molecule has 5 heteroatoms. The first kappa shape index (κ1) is 7.94. The van der Waals surface area contributed by atoms with E-state index in [2.05, 4.69) is 4.98 Å². The van der Waals surface area contributed by atoms with Crippen LogP contribution in [0.4, 0.5) is 0 Å². The lowest BCUT2D eigenvalue weighted by molar-refractivity contribution is 0.344. The molecule has 0 aliphatic rings. The van der Waals surface area contributed by atoms with Gasteiger partial charge < -0.3 is 0 Å². The molecule has 0 aromatic carbocycles. The summed E-state index contributed by atoms with van der Waals surface area (Å²) in [6.07, 6.45) is 1.73. The number of aromatic nitrogens is 1. The van der Waals surface area contributed by atoms with E-state index in [1.165, 1.54) is 11.3 Å². The maximum absolute atomic E-state index is 5.59. The van der Waals surface area contributed by atoms with E-state index < -0.39 is 0 Å². The number of thiazole rings is 1. The maximum atomic E-state index is 5.59. The van der Waals surface area contributed by atoms with Crippen LogP contribution in [0.2, 0.25) is 4.47 Å². The van der Waals surface area contributed by atoms with Crippen molar-refractivity contribution in [3.63, 3.8) is 0 Å². The predicted molar refractivity (Wildman–Crippen MR) is 42.8 cm³/mol. The Bertz CT molecular complexity index is 210. The van der Waals surface area contributed by atoms with Crippen molar-refractivity contribution in [1.82, 2.24) is 9.99 Å². The predicted octanol–water partition coefficient (Wildman–Crippen LogP) is 1.10. The summed E-state index contributed by atoms with van der Waals surface area (Å²) >= 11 is 7.04. The molecule has 0 aliphatic carbocycles. The van der Waals surface area contributed by atoms with Crippen LogP contribution >= 0.6 is 22.9 Å². The Hall–Kier alpha value is -0.160. The molecule has 0 unspecified atom stereocenters. The van der Waals surface area contributed by atoms with Crippen molar-refractivity contribution < 1.29 is 0 Å². The van der Waals surface area contributed by atoms with Crippen LogP contribution in [0, 0.1) is 0 Å². The average Bonchev–Trinajstić information content (AvgIpc) is 2.13. The SMILES string of the molecule is CN(N)Cc1cnc(Cl)s1. The van der Waals surface area contributed by atoms with E-state index in [4.69, 9.17) is 17.4 Å². The number of rotatable bonds is 2. The van der Waals surface area contributed by atoms with Crippen molar-refractivity contribution >= 4 is 22.9 Å². The first-order chi connectivity index (χ1) is 4.68. The Kier molecular flexibility index (Phi) is 2.62. The standard InChI is InChI=1S/C5H8ClN3S/c1-9(7)3-4-2-8-5(6)10-4/h2H,3,7H2,1H3. The highest BCUT2D eigenvalue weighted by Crippen LogP contribution is 2.17. The number of nitrogens with two attached hydrogens (primary N) is 1. The minimum Gasteiger partial charge on any atom is -0.269 e. The van der Waals surface area contributed by atoms with E-state index in [1.54, 1.807) is 18.3 Å². The summed E-state index contributed by atoms with van der Waals surface area (Å²) in [5, 5.41) is 1.59. The lowest BCUT2D eigenvalue weighted by atomic mass is 10.5. The molecule has 1 heterocycles. The van der Waals surface area contributed by atoms with Crippen LogP contribution in [0.5, 0.6) is 0 Å². The van der Waals surface area contributed by atoms with Crippen LogP contribution in [0.1, 0.15) is 4.88 Å². The van der Waals surface area contributed by atoms with E-state index in [1.807, 2.05) is 0 Å². The van der Waals surface area contributed by atoms with Gasteiger partial charge in [0.1, 0.15) is 0 Å². The Balaban J connectivity index is 2.58. The quantitative estimate of drug-likeness (QED) is 0.544. The molecule has 3 nitrogen and oxygen atoms in total. The third-order valence-electron chi connectivity index (χ3n) is 0.931. The van der Waals surface area contributed by atoms with Crippen LogP contribution in [-0.2, 0) is 6.54 Å². The topological polar surface area (TPSA) is 42.1 Å². The molecule has 0 bridgehead atoms. The average molecular weight is 178 g/mol. The lowest BCUT2D eigenvalue weighted by Gasteiger charge is -2.04. The van der Waals surface area contributed by atoms with Crippen molar-refractivity contribution in [1.29, 1.82) is 0 Å². The van der Waals surface area contributed by atoms with Gasteiger partial charge in [-0.2, -0.15) is 0 Å². The summed E-state index contributed by atoms with van der Waals surface area (Å²) in [6.45, 7) is 0.699. The second-order valence-electron chi connectivity index (χ2n) is 1.99. The lowest BCUT2D eigenvalue weighted by Crippen LogP contribution is -2.24. The first-order valence-electron chi connectivity index (χ1n) is 2.74. The molecule has 0 fully saturated rings. The van der Waals surface area contributed by atoms with Gasteiger partial charge in [0.15, 0.2) is 4.47 Å². The first-order valence-corrected chi connectivity index (χ1v) is 3.94. The Morgan fingerprint density at radius 1 is 1.90 bits per heavy atom. The molecule has 56 valence electrons. The molecular weight excluding hydrogens is 170 g/mol. The third-order valence-corrected chi connectivity index (χ3v) is 2.03. The normalized spacial score (nSPS) is 10.8. The van der Waals surface area contributed by atoms with Gasteiger partial charge in [0.05, 0.1) is 0 Å². The van der Waals surface area contributed by atoms with Gasteiger partial charge in [-0.1, -0.05) is 11.6 Å². The summed E-state index contributed by atoms with van der Waals surface area (Å²) in [6, 6.07) is 0. The minimum absolute atomic E-state index is 0.567. The van der Waals surface area contributed by atoms with Gasteiger partial charge >= 0.3 is 0 Å². The Morgan fingerprint density at radius 2 is 2.60 bits per heavy atom. The number of hydrogen-bond donors (Lipinski definition) is 1. The molecule has 0 radical (unpaired) electrons. The fourth-order valence-corrected chi connectivity index (χ4v) is 1.64. The van der Waals surface area contributed by atoms with Crippen LogP contribution in [0.3, 0.4) is 0 Å².